The molecule has 3 N–H and O–H groups in total. The highest BCUT2D eigenvalue weighted by Gasteiger charge is 1.97. The fraction of sp³-hybridized carbons (Fsp3) is 0.538. The van der Waals surface area contributed by atoms with Crippen LogP contribution in [0, 0.1) is 6.92 Å². The zero-order chi connectivity index (χ0) is 11.1. The van der Waals surface area contributed by atoms with Gasteiger partial charge in [0.2, 0.25) is 0 Å². The summed E-state index contributed by atoms with van der Waals surface area (Å²) >= 11 is 0. The van der Waals surface area contributed by atoms with Crippen molar-refractivity contribution in [3.05, 3.63) is 35.4 Å². The molecule has 0 fully saturated rings. The van der Waals surface area contributed by atoms with Crippen LogP contribution in [0.15, 0.2) is 24.3 Å². The molecule has 1 rings (SSSR count). The smallest absolute Gasteiger partial charge is 0.0161 e. The van der Waals surface area contributed by atoms with E-state index in [0.29, 0.717) is 12.6 Å². The molecule has 0 saturated heterocycles. The lowest BCUT2D eigenvalue weighted by molar-refractivity contribution is 0.543. The van der Waals surface area contributed by atoms with E-state index >= 15 is 0 Å². The van der Waals surface area contributed by atoms with Gasteiger partial charge in [0.05, 0.1) is 0 Å². The van der Waals surface area contributed by atoms with E-state index < -0.39 is 0 Å². The number of aryl methyl sites for hydroxylation is 2. The van der Waals surface area contributed by atoms with Crippen molar-refractivity contribution >= 4 is 0 Å². The van der Waals surface area contributed by atoms with Crippen molar-refractivity contribution in [3.8, 4) is 0 Å². The Morgan fingerprint density at radius 2 is 2.20 bits per heavy atom. The lowest BCUT2D eigenvalue weighted by Crippen LogP contribution is -2.33. The fourth-order valence-electron chi connectivity index (χ4n) is 1.59. The topological polar surface area (TPSA) is 38.0 Å². The molecular weight excluding hydrogens is 184 g/mol. The molecule has 0 amide bonds. The van der Waals surface area contributed by atoms with E-state index in [-0.39, 0.29) is 0 Å². The molecule has 1 aromatic rings. The zero-order valence-electron chi connectivity index (χ0n) is 9.79. The van der Waals surface area contributed by atoms with Gasteiger partial charge in [-0.1, -0.05) is 29.8 Å². The molecule has 84 valence electrons. The Kier molecular flexibility index (Phi) is 5.37. The maximum Gasteiger partial charge on any atom is 0.0161 e. The molecule has 0 spiro atoms. The minimum absolute atomic E-state index is 0.433. The quantitative estimate of drug-likeness (QED) is 0.697. The van der Waals surface area contributed by atoms with E-state index in [0.717, 1.165) is 13.0 Å². The van der Waals surface area contributed by atoms with Gasteiger partial charge in [0, 0.05) is 12.6 Å². The van der Waals surface area contributed by atoms with E-state index in [4.69, 9.17) is 5.73 Å². The average molecular weight is 206 g/mol. The van der Waals surface area contributed by atoms with Gasteiger partial charge in [0.15, 0.2) is 0 Å². The second kappa shape index (κ2) is 6.59. The first-order chi connectivity index (χ1) is 7.22. The van der Waals surface area contributed by atoms with Crippen LogP contribution in [0.2, 0.25) is 0 Å². The SMILES string of the molecule is Cc1cccc(CCCN[C@@H](C)CN)c1. The predicted molar refractivity (Wildman–Crippen MR) is 66.0 cm³/mol. The van der Waals surface area contributed by atoms with Crippen LogP contribution in [-0.2, 0) is 6.42 Å². The minimum Gasteiger partial charge on any atom is -0.329 e. The molecule has 0 aromatic heterocycles. The largest absolute Gasteiger partial charge is 0.329 e. The Labute approximate surface area is 92.9 Å². The molecular formula is C13H22N2. The summed E-state index contributed by atoms with van der Waals surface area (Å²) in [6, 6.07) is 9.15. The van der Waals surface area contributed by atoms with Crippen LogP contribution in [0.3, 0.4) is 0 Å². The van der Waals surface area contributed by atoms with Gasteiger partial charge in [0.25, 0.3) is 0 Å². The van der Waals surface area contributed by atoms with E-state index in [2.05, 4.69) is 43.4 Å². The highest BCUT2D eigenvalue weighted by Crippen LogP contribution is 2.05. The molecule has 1 aromatic carbocycles. The number of benzene rings is 1. The first kappa shape index (κ1) is 12.2. The van der Waals surface area contributed by atoms with Gasteiger partial charge in [-0.3, -0.25) is 0 Å². The monoisotopic (exact) mass is 206 g/mol. The highest BCUT2D eigenvalue weighted by molar-refractivity contribution is 5.22. The van der Waals surface area contributed by atoms with Crippen LogP contribution < -0.4 is 11.1 Å². The van der Waals surface area contributed by atoms with E-state index in [9.17, 15) is 0 Å². The van der Waals surface area contributed by atoms with Gasteiger partial charge in [-0.2, -0.15) is 0 Å². The van der Waals surface area contributed by atoms with E-state index in [1.807, 2.05) is 0 Å². The van der Waals surface area contributed by atoms with E-state index in [1.165, 1.54) is 17.5 Å². The third-order valence-electron chi connectivity index (χ3n) is 2.57. The lowest BCUT2D eigenvalue weighted by atomic mass is 10.1. The van der Waals surface area contributed by atoms with Crippen LogP contribution in [-0.4, -0.2) is 19.1 Å². The normalized spacial score (nSPS) is 12.7. The third kappa shape index (κ3) is 4.96. The van der Waals surface area contributed by atoms with Gasteiger partial charge in [0.1, 0.15) is 0 Å². The van der Waals surface area contributed by atoms with Crippen molar-refractivity contribution in [2.45, 2.75) is 32.7 Å². The summed E-state index contributed by atoms with van der Waals surface area (Å²) in [4.78, 5) is 0. The standard InChI is InChI=1S/C13H22N2/c1-11-5-3-6-13(9-11)7-4-8-15-12(2)10-14/h3,5-6,9,12,15H,4,7-8,10,14H2,1-2H3/t12-/m0/s1. The first-order valence-corrected chi connectivity index (χ1v) is 5.71. The number of hydrogen-bond acceptors (Lipinski definition) is 2. The maximum absolute atomic E-state index is 5.52. The summed E-state index contributed by atoms with van der Waals surface area (Å²) in [5.74, 6) is 0. The molecule has 2 heteroatoms. The Hall–Kier alpha value is -0.860. The minimum atomic E-state index is 0.433. The maximum atomic E-state index is 5.52. The van der Waals surface area contributed by atoms with Gasteiger partial charge in [-0.05, 0) is 38.8 Å². The molecule has 0 aliphatic heterocycles. The van der Waals surface area contributed by atoms with Gasteiger partial charge < -0.3 is 11.1 Å². The van der Waals surface area contributed by atoms with Crippen molar-refractivity contribution < 1.29 is 0 Å². The Bertz CT molecular complexity index is 284. The first-order valence-electron chi connectivity index (χ1n) is 5.71. The van der Waals surface area contributed by atoms with Gasteiger partial charge in [-0.25, -0.2) is 0 Å². The number of hydrogen-bond donors (Lipinski definition) is 2. The molecule has 0 unspecified atom stereocenters. The zero-order valence-corrected chi connectivity index (χ0v) is 9.79. The summed E-state index contributed by atoms with van der Waals surface area (Å²) in [7, 11) is 0. The van der Waals surface area contributed by atoms with Crippen LogP contribution in [0.5, 0.6) is 0 Å². The molecule has 1 atom stereocenters. The van der Waals surface area contributed by atoms with Crippen LogP contribution in [0.1, 0.15) is 24.5 Å². The molecule has 2 nitrogen and oxygen atoms in total. The number of nitrogens with one attached hydrogen (secondary N) is 1. The van der Waals surface area contributed by atoms with Gasteiger partial charge in [-0.15, -0.1) is 0 Å². The Balaban J connectivity index is 2.20. The molecule has 0 aliphatic carbocycles. The summed E-state index contributed by atoms with van der Waals surface area (Å²) in [5, 5.41) is 3.39. The van der Waals surface area contributed by atoms with Crippen molar-refractivity contribution in [1.29, 1.82) is 0 Å². The molecule has 0 bridgehead atoms. The average Bonchev–Trinajstić information content (AvgIpc) is 2.24. The predicted octanol–water partition coefficient (Wildman–Crippen LogP) is 1.86. The van der Waals surface area contributed by atoms with Crippen molar-refractivity contribution in [1.82, 2.24) is 5.32 Å². The second-order valence-electron chi connectivity index (χ2n) is 4.18. The molecule has 0 heterocycles. The fourth-order valence-corrected chi connectivity index (χ4v) is 1.59. The Morgan fingerprint density at radius 1 is 1.40 bits per heavy atom. The van der Waals surface area contributed by atoms with Crippen molar-refractivity contribution in [2.24, 2.45) is 5.73 Å². The third-order valence-corrected chi connectivity index (χ3v) is 2.57. The summed E-state index contributed by atoms with van der Waals surface area (Å²) < 4.78 is 0. The van der Waals surface area contributed by atoms with Crippen molar-refractivity contribution in [2.75, 3.05) is 13.1 Å². The van der Waals surface area contributed by atoms with Crippen molar-refractivity contribution in [3.63, 3.8) is 0 Å². The number of nitrogens with two attached hydrogens (primary N) is 1. The molecule has 0 aliphatic rings. The summed E-state index contributed by atoms with van der Waals surface area (Å²) in [6.07, 6.45) is 2.32. The second-order valence-corrected chi connectivity index (χ2v) is 4.18. The van der Waals surface area contributed by atoms with Crippen LogP contribution in [0.25, 0.3) is 0 Å². The summed E-state index contributed by atoms with van der Waals surface area (Å²) in [6.45, 7) is 6.02. The molecule has 0 radical (unpaired) electrons. The highest BCUT2D eigenvalue weighted by atomic mass is 14.9. The van der Waals surface area contributed by atoms with Crippen LogP contribution in [0.4, 0.5) is 0 Å². The molecule has 0 saturated carbocycles. The lowest BCUT2D eigenvalue weighted by Gasteiger charge is -2.10. The van der Waals surface area contributed by atoms with Crippen LogP contribution >= 0.6 is 0 Å². The van der Waals surface area contributed by atoms with E-state index in [1.54, 1.807) is 0 Å². The molecule has 15 heavy (non-hydrogen) atoms. The summed E-state index contributed by atoms with van der Waals surface area (Å²) in [5.41, 5.74) is 8.29. The Morgan fingerprint density at radius 3 is 2.87 bits per heavy atom. The number of rotatable bonds is 6. The van der Waals surface area contributed by atoms with Gasteiger partial charge >= 0.3 is 0 Å².